The van der Waals surface area contributed by atoms with Crippen LogP contribution in [0.15, 0.2) is 30.3 Å². The zero-order valence-corrected chi connectivity index (χ0v) is 16.5. The zero-order chi connectivity index (χ0) is 20.6. The van der Waals surface area contributed by atoms with E-state index in [4.69, 9.17) is 0 Å². The van der Waals surface area contributed by atoms with Crippen molar-refractivity contribution in [2.24, 2.45) is 0 Å². The van der Waals surface area contributed by atoms with E-state index >= 15 is 0 Å². The molecule has 150 valence electrons. The molecule has 2 aliphatic heterocycles. The second kappa shape index (κ2) is 7.44. The van der Waals surface area contributed by atoms with Gasteiger partial charge >= 0.3 is 5.97 Å². The number of fused-ring (bicyclic) bond motifs is 1. The van der Waals surface area contributed by atoms with Gasteiger partial charge in [0.1, 0.15) is 23.5 Å². The maximum Gasteiger partial charge on any atom is 0.327 e. The Morgan fingerprint density at radius 3 is 2.54 bits per heavy atom. The number of hydrazine groups is 1. The first-order valence-corrected chi connectivity index (χ1v) is 9.57. The van der Waals surface area contributed by atoms with E-state index in [0.29, 0.717) is 12.0 Å². The molecule has 1 unspecified atom stereocenters. The minimum Gasteiger partial charge on any atom is -0.480 e. The van der Waals surface area contributed by atoms with E-state index in [0.717, 1.165) is 0 Å². The van der Waals surface area contributed by atoms with Gasteiger partial charge in [-0.1, -0.05) is 30.3 Å². The molecule has 1 aromatic rings. The van der Waals surface area contributed by atoms with E-state index < -0.39 is 46.0 Å². The molecule has 2 aliphatic rings. The van der Waals surface area contributed by atoms with Crippen molar-refractivity contribution in [2.75, 3.05) is 7.05 Å². The van der Waals surface area contributed by atoms with E-state index in [1.54, 1.807) is 45.2 Å². The molecule has 0 radical (unpaired) electrons. The van der Waals surface area contributed by atoms with Crippen molar-refractivity contribution in [1.82, 2.24) is 20.7 Å². The number of hydrogen-bond donors (Lipinski definition) is 3. The Bertz CT molecular complexity index is 802. The Kier molecular flexibility index (Phi) is 5.35. The van der Waals surface area contributed by atoms with Gasteiger partial charge in [0.05, 0.1) is 0 Å². The van der Waals surface area contributed by atoms with E-state index in [1.165, 1.54) is 21.7 Å². The molecule has 3 rings (SSSR count). The molecule has 0 spiro atoms. The molecule has 2 saturated heterocycles. The van der Waals surface area contributed by atoms with E-state index in [-0.39, 0.29) is 0 Å². The number of rotatable bonds is 7. The molecule has 4 atom stereocenters. The molecular weight excluding hydrogens is 384 g/mol. The number of likely N-dealkylation sites (N-methyl/N-ethyl adjacent to an activating group) is 1. The first-order chi connectivity index (χ1) is 13.2. The van der Waals surface area contributed by atoms with Gasteiger partial charge in [-0.15, -0.1) is 11.8 Å². The zero-order valence-electron chi connectivity index (χ0n) is 15.7. The van der Waals surface area contributed by atoms with Gasteiger partial charge in [0, 0.05) is 11.8 Å². The van der Waals surface area contributed by atoms with Crippen LogP contribution in [0, 0.1) is 0 Å². The fourth-order valence-electron chi connectivity index (χ4n) is 3.72. The van der Waals surface area contributed by atoms with Crippen LogP contribution in [0.25, 0.3) is 0 Å². The number of thioether (sulfide) groups is 1. The molecule has 1 aromatic carbocycles. The molecule has 0 saturated carbocycles. The molecule has 3 N–H and O–H groups in total. The fourth-order valence-corrected chi connectivity index (χ4v) is 5.35. The highest BCUT2D eigenvalue weighted by molar-refractivity contribution is 8.01. The lowest BCUT2D eigenvalue weighted by atomic mass is 9.95. The van der Waals surface area contributed by atoms with Crippen LogP contribution in [-0.2, 0) is 19.2 Å². The largest absolute Gasteiger partial charge is 0.480 e. The predicted molar refractivity (Wildman–Crippen MR) is 102 cm³/mol. The van der Waals surface area contributed by atoms with Gasteiger partial charge in [0.15, 0.2) is 0 Å². The van der Waals surface area contributed by atoms with Crippen molar-refractivity contribution in [3.8, 4) is 0 Å². The lowest BCUT2D eigenvalue weighted by molar-refractivity contribution is -0.161. The molecule has 2 fully saturated rings. The lowest BCUT2D eigenvalue weighted by Crippen LogP contribution is -2.71. The summed E-state index contributed by atoms with van der Waals surface area (Å²) in [6.45, 7) is 3.55. The Hall–Kier alpha value is -2.59. The summed E-state index contributed by atoms with van der Waals surface area (Å²) in [5.41, 5.74) is 3.08. The Balaban J connectivity index is 1.79. The molecule has 9 nitrogen and oxygen atoms in total. The molecule has 3 amide bonds. The molecular formula is C18H22N4O5S. The fraction of sp³-hybridized carbons (Fsp3) is 0.444. The third-order valence-corrected chi connectivity index (χ3v) is 6.55. The standard InChI is InChI=1S/C18H22N4O5S/c1-18(2)13(17(26)27)22-15(25)11(16(22)28-18)20-14(24)12(21(3)19-9-23)10-7-5-4-6-8-10/h4-9,11-13,16H,1-3H3,(H,19,23)(H,20,24)(H,26,27)/t11-,12?,13-,16+/m0/s1. The van der Waals surface area contributed by atoms with Crippen LogP contribution < -0.4 is 10.7 Å². The Morgan fingerprint density at radius 1 is 1.32 bits per heavy atom. The SMILES string of the molecule is CN(NC=O)C(C(=O)N[C@H]1C(=O)N2[C@@H]1SC(C)(C)[C@@H]2C(=O)O)c1ccccc1. The van der Waals surface area contributed by atoms with Crippen LogP contribution >= 0.6 is 11.8 Å². The van der Waals surface area contributed by atoms with Crippen molar-refractivity contribution >= 4 is 36.0 Å². The molecule has 2 heterocycles. The minimum atomic E-state index is -1.06. The van der Waals surface area contributed by atoms with Gasteiger partial charge in [0.2, 0.25) is 18.2 Å². The first kappa shape index (κ1) is 20.2. The summed E-state index contributed by atoms with van der Waals surface area (Å²) in [6.07, 6.45) is 0.465. The number of nitrogens with one attached hydrogen (secondary N) is 2. The van der Waals surface area contributed by atoms with Crippen LogP contribution in [0.2, 0.25) is 0 Å². The summed E-state index contributed by atoms with van der Waals surface area (Å²) in [6, 6.07) is 6.25. The summed E-state index contributed by atoms with van der Waals surface area (Å²) in [5, 5.41) is 13.1. The van der Waals surface area contributed by atoms with Crippen molar-refractivity contribution in [2.45, 2.75) is 42.1 Å². The second-order valence-corrected chi connectivity index (χ2v) is 9.03. The minimum absolute atomic E-state index is 0.415. The van der Waals surface area contributed by atoms with Crippen LogP contribution in [0.5, 0.6) is 0 Å². The van der Waals surface area contributed by atoms with Crippen molar-refractivity contribution in [1.29, 1.82) is 0 Å². The third kappa shape index (κ3) is 3.33. The second-order valence-electron chi connectivity index (χ2n) is 7.26. The number of amides is 3. The quantitative estimate of drug-likeness (QED) is 0.330. The van der Waals surface area contributed by atoms with E-state index in [9.17, 15) is 24.3 Å². The first-order valence-electron chi connectivity index (χ1n) is 8.70. The summed E-state index contributed by atoms with van der Waals surface area (Å²) >= 11 is 1.36. The highest BCUT2D eigenvalue weighted by Crippen LogP contribution is 2.50. The molecule has 0 aliphatic carbocycles. The maximum atomic E-state index is 13.0. The molecule has 0 bridgehead atoms. The van der Waals surface area contributed by atoms with Crippen LogP contribution in [0.3, 0.4) is 0 Å². The number of hydrogen-bond acceptors (Lipinski definition) is 6. The van der Waals surface area contributed by atoms with Gasteiger partial charge in [-0.2, -0.15) is 0 Å². The number of carboxylic acids is 1. The summed E-state index contributed by atoms with van der Waals surface area (Å²) in [5.74, 6) is -1.94. The van der Waals surface area contributed by atoms with Crippen LogP contribution in [0.4, 0.5) is 0 Å². The van der Waals surface area contributed by atoms with Crippen LogP contribution in [0.1, 0.15) is 25.5 Å². The number of carbonyl (C=O) groups is 4. The highest BCUT2D eigenvalue weighted by atomic mass is 32.2. The Labute approximate surface area is 166 Å². The van der Waals surface area contributed by atoms with Gasteiger partial charge in [-0.3, -0.25) is 19.8 Å². The van der Waals surface area contributed by atoms with Gasteiger partial charge in [0.25, 0.3) is 0 Å². The number of carboxylic acid groups (broad SMARTS) is 1. The van der Waals surface area contributed by atoms with Crippen molar-refractivity contribution < 1.29 is 24.3 Å². The van der Waals surface area contributed by atoms with Crippen LogP contribution in [-0.4, -0.2) is 68.5 Å². The monoisotopic (exact) mass is 406 g/mol. The summed E-state index contributed by atoms with van der Waals surface area (Å²) in [4.78, 5) is 49.3. The smallest absolute Gasteiger partial charge is 0.327 e. The number of carbonyl (C=O) groups excluding carboxylic acids is 3. The summed E-state index contributed by atoms with van der Waals surface area (Å²) < 4.78 is -0.666. The number of β-lactam (4-membered cyclic amide) rings is 1. The number of nitrogens with zero attached hydrogens (tertiary/aromatic N) is 2. The Morgan fingerprint density at radius 2 is 1.96 bits per heavy atom. The maximum absolute atomic E-state index is 13.0. The van der Waals surface area contributed by atoms with Gasteiger partial charge in [-0.25, -0.2) is 9.80 Å². The molecule has 28 heavy (non-hydrogen) atoms. The average Bonchev–Trinajstić information content (AvgIpc) is 2.89. The molecule has 0 aromatic heterocycles. The average molecular weight is 406 g/mol. The van der Waals surface area contributed by atoms with Gasteiger partial charge in [-0.05, 0) is 19.4 Å². The lowest BCUT2D eigenvalue weighted by Gasteiger charge is -2.44. The van der Waals surface area contributed by atoms with Gasteiger partial charge < -0.3 is 15.3 Å². The van der Waals surface area contributed by atoms with E-state index in [1.807, 2.05) is 6.07 Å². The van der Waals surface area contributed by atoms with Crippen molar-refractivity contribution in [3.05, 3.63) is 35.9 Å². The summed E-state index contributed by atoms with van der Waals surface area (Å²) in [7, 11) is 1.55. The third-order valence-electron chi connectivity index (χ3n) is 4.98. The van der Waals surface area contributed by atoms with E-state index in [2.05, 4.69) is 10.7 Å². The molecule has 10 heteroatoms. The van der Waals surface area contributed by atoms with Crippen molar-refractivity contribution in [3.63, 3.8) is 0 Å². The normalized spacial score (nSPS) is 26.2. The topological polar surface area (TPSA) is 119 Å². The number of benzene rings is 1. The highest BCUT2D eigenvalue weighted by Gasteiger charge is 2.64. The predicted octanol–water partition coefficient (Wildman–Crippen LogP) is -0.0478. The number of aliphatic carboxylic acids is 1.